The van der Waals surface area contributed by atoms with Crippen LogP contribution in [0.2, 0.25) is 0 Å². The van der Waals surface area contributed by atoms with Gasteiger partial charge in [0.15, 0.2) is 0 Å². The number of rotatable bonds is 2. The Morgan fingerprint density at radius 3 is 2.60 bits per heavy atom. The molecule has 1 N–H and O–H groups in total. The first-order chi connectivity index (χ1) is 14.4. The molecule has 1 unspecified atom stereocenters. The SMILES string of the molecule is CN1CCc2nc(-c3ccc4c(c3)CN(C3CCC(=O)NC3=O)C4=O)ccc2C1=O. The van der Waals surface area contributed by atoms with E-state index in [0.717, 1.165) is 22.5 Å². The summed E-state index contributed by atoms with van der Waals surface area (Å²) in [6.45, 7) is 0.963. The number of nitrogens with one attached hydrogen (secondary N) is 1. The van der Waals surface area contributed by atoms with E-state index in [1.165, 1.54) is 4.90 Å². The van der Waals surface area contributed by atoms with Crippen LogP contribution >= 0.6 is 0 Å². The Labute approximate surface area is 172 Å². The first-order valence-corrected chi connectivity index (χ1v) is 9.96. The topological polar surface area (TPSA) is 99.7 Å². The molecule has 2 aromatic rings. The molecule has 1 aromatic heterocycles. The fourth-order valence-electron chi connectivity index (χ4n) is 4.36. The molecule has 8 nitrogen and oxygen atoms in total. The molecule has 5 rings (SSSR count). The van der Waals surface area contributed by atoms with Gasteiger partial charge in [-0.25, -0.2) is 0 Å². The minimum Gasteiger partial charge on any atom is -0.341 e. The normalized spacial score (nSPS) is 20.9. The smallest absolute Gasteiger partial charge is 0.255 e. The maximum atomic E-state index is 12.8. The molecule has 0 bridgehead atoms. The third kappa shape index (κ3) is 2.87. The van der Waals surface area contributed by atoms with Crippen molar-refractivity contribution in [1.29, 1.82) is 0 Å². The zero-order valence-corrected chi connectivity index (χ0v) is 16.5. The van der Waals surface area contributed by atoms with E-state index < -0.39 is 11.9 Å². The van der Waals surface area contributed by atoms with Crippen molar-refractivity contribution >= 4 is 23.6 Å². The Balaban J connectivity index is 1.43. The third-order valence-corrected chi connectivity index (χ3v) is 6.05. The van der Waals surface area contributed by atoms with Crippen LogP contribution < -0.4 is 5.32 Å². The van der Waals surface area contributed by atoms with Crippen molar-refractivity contribution in [1.82, 2.24) is 20.1 Å². The van der Waals surface area contributed by atoms with Crippen molar-refractivity contribution in [2.24, 2.45) is 0 Å². The molecule has 1 aromatic carbocycles. The summed E-state index contributed by atoms with van der Waals surface area (Å²) in [6.07, 6.45) is 1.28. The molecule has 30 heavy (non-hydrogen) atoms. The van der Waals surface area contributed by atoms with Gasteiger partial charge >= 0.3 is 0 Å². The van der Waals surface area contributed by atoms with E-state index in [-0.39, 0.29) is 24.1 Å². The zero-order chi connectivity index (χ0) is 21.0. The number of piperidine rings is 1. The minimum atomic E-state index is -0.629. The highest BCUT2D eigenvalue weighted by atomic mass is 16.2. The number of imide groups is 1. The number of aromatic nitrogens is 1. The highest BCUT2D eigenvalue weighted by Gasteiger charge is 2.39. The molecule has 1 saturated heterocycles. The molecule has 0 spiro atoms. The maximum Gasteiger partial charge on any atom is 0.255 e. The number of carbonyl (C=O) groups is 4. The number of pyridine rings is 1. The second-order valence-electron chi connectivity index (χ2n) is 7.94. The molecular formula is C22H20N4O4. The minimum absolute atomic E-state index is 0.0188. The van der Waals surface area contributed by atoms with Gasteiger partial charge in [0.2, 0.25) is 11.8 Å². The van der Waals surface area contributed by atoms with Gasteiger partial charge < -0.3 is 9.80 Å². The molecule has 3 aliphatic heterocycles. The number of hydrogen-bond donors (Lipinski definition) is 1. The molecule has 8 heteroatoms. The summed E-state index contributed by atoms with van der Waals surface area (Å²) in [5, 5.41) is 2.31. The van der Waals surface area contributed by atoms with Crippen LogP contribution in [0.25, 0.3) is 11.3 Å². The van der Waals surface area contributed by atoms with Gasteiger partial charge in [-0.05, 0) is 36.2 Å². The van der Waals surface area contributed by atoms with Crippen LogP contribution in [0.3, 0.4) is 0 Å². The van der Waals surface area contributed by atoms with Crippen molar-refractivity contribution in [3.05, 3.63) is 52.7 Å². The lowest BCUT2D eigenvalue weighted by Crippen LogP contribution is -2.52. The quantitative estimate of drug-likeness (QED) is 0.757. The summed E-state index contributed by atoms with van der Waals surface area (Å²) in [5.74, 6) is -0.933. The Kier molecular flexibility index (Phi) is 4.16. The summed E-state index contributed by atoms with van der Waals surface area (Å²) < 4.78 is 0. The lowest BCUT2D eigenvalue weighted by atomic mass is 10.0. The van der Waals surface area contributed by atoms with Gasteiger partial charge in [-0.15, -0.1) is 0 Å². The van der Waals surface area contributed by atoms with Crippen LogP contribution in [0.5, 0.6) is 0 Å². The van der Waals surface area contributed by atoms with Crippen LogP contribution in [0.15, 0.2) is 30.3 Å². The lowest BCUT2D eigenvalue weighted by Gasteiger charge is -2.29. The van der Waals surface area contributed by atoms with Gasteiger partial charge in [-0.3, -0.25) is 29.5 Å². The molecule has 0 radical (unpaired) electrons. The Hall–Kier alpha value is -3.55. The molecule has 3 aliphatic rings. The van der Waals surface area contributed by atoms with Crippen LogP contribution in [-0.4, -0.2) is 58.0 Å². The van der Waals surface area contributed by atoms with E-state index in [9.17, 15) is 19.2 Å². The average Bonchev–Trinajstić information content (AvgIpc) is 3.06. The number of nitrogens with zero attached hydrogens (tertiary/aromatic N) is 3. The van der Waals surface area contributed by atoms with Crippen molar-refractivity contribution in [2.45, 2.75) is 31.8 Å². The Morgan fingerprint density at radius 2 is 1.80 bits per heavy atom. The molecule has 0 aliphatic carbocycles. The van der Waals surface area contributed by atoms with E-state index in [4.69, 9.17) is 4.98 Å². The van der Waals surface area contributed by atoms with Gasteiger partial charge in [0.05, 0.1) is 17.0 Å². The number of amides is 4. The second kappa shape index (κ2) is 6.76. The van der Waals surface area contributed by atoms with Gasteiger partial charge in [0.25, 0.3) is 11.8 Å². The van der Waals surface area contributed by atoms with E-state index >= 15 is 0 Å². The summed E-state index contributed by atoms with van der Waals surface area (Å²) in [5.41, 5.74) is 4.43. The van der Waals surface area contributed by atoms with Gasteiger partial charge in [-0.2, -0.15) is 0 Å². The molecule has 152 valence electrons. The van der Waals surface area contributed by atoms with Crippen molar-refractivity contribution in [3.63, 3.8) is 0 Å². The number of carbonyl (C=O) groups excluding carboxylic acids is 4. The van der Waals surface area contributed by atoms with Gasteiger partial charge in [0.1, 0.15) is 6.04 Å². The van der Waals surface area contributed by atoms with Gasteiger partial charge in [0, 0.05) is 44.1 Å². The van der Waals surface area contributed by atoms with Crippen LogP contribution in [0.1, 0.15) is 44.8 Å². The monoisotopic (exact) mass is 404 g/mol. The van der Waals surface area contributed by atoms with Gasteiger partial charge in [-0.1, -0.05) is 6.07 Å². The summed E-state index contributed by atoms with van der Waals surface area (Å²) in [6, 6.07) is 8.53. The number of benzene rings is 1. The third-order valence-electron chi connectivity index (χ3n) is 6.05. The Morgan fingerprint density at radius 1 is 1.00 bits per heavy atom. The van der Waals surface area contributed by atoms with E-state index in [1.54, 1.807) is 18.0 Å². The van der Waals surface area contributed by atoms with E-state index in [0.29, 0.717) is 37.1 Å². The Bertz CT molecular complexity index is 1130. The van der Waals surface area contributed by atoms with Crippen molar-refractivity contribution in [3.8, 4) is 11.3 Å². The number of likely N-dealkylation sites (N-methyl/N-ethyl adjacent to an activating group) is 1. The number of fused-ring (bicyclic) bond motifs is 2. The largest absolute Gasteiger partial charge is 0.341 e. The van der Waals surface area contributed by atoms with Crippen LogP contribution in [-0.2, 0) is 22.6 Å². The predicted octanol–water partition coefficient (Wildman–Crippen LogP) is 1.14. The summed E-state index contributed by atoms with van der Waals surface area (Å²) in [4.78, 5) is 56.6. The van der Waals surface area contributed by atoms with Crippen molar-refractivity contribution < 1.29 is 19.2 Å². The summed E-state index contributed by atoms with van der Waals surface area (Å²) in [7, 11) is 1.78. The molecule has 4 amide bonds. The second-order valence-corrected chi connectivity index (χ2v) is 7.94. The van der Waals surface area contributed by atoms with Crippen LogP contribution in [0.4, 0.5) is 0 Å². The fraction of sp³-hybridized carbons (Fsp3) is 0.318. The predicted molar refractivity (Wildman–Crippen MR) is 106 cm³/mol. The molecule has 0 saturated carbocycles. The fourth-order valence-corrected chi connectivity index (χ4v) is 4.36. The lowest BCUT2D eigenvalue weighted by molar-refractivity contribution is -0.136. The van der Waals surface area contributed by atoms with E-state index in [1.807, 2.05) is 24.3 Å². The highest BCUT2D eigenvalue weighted by Crippen LogP contribution is 2.31. The maximum absolute atomic E-state index is 12.8. The first kappa shape index (κ1) is 18.5. The van der Waals surface area contributed by atoms with Crippen LogP contribution in [0, 0.1) is 0 Å². The van der Waals surface area contributed by atoms with Crippen molar-refractivity contribution in [2.75, 3.05) is 13.6 Å². The average molecular weight is 404 g/mol. The molecule has 1 fully saturated rings. The number of hydrogen-bond acceptors (Lipinski definition) is 5. The molecular weight excluding hydrogens is 384 g/mol. The molecule has 1 atom stereocenters. The first-order valence-electron chi connectivity index (χ1n) is 9.96. The highest BCUT2D eigenvalue weighted by molar-refractivity contribution is 6.05. The molecule has 4 heterocycles. The standard InChI is InChI=1S/C22H20N4O4/c1-25-9-8-17-15(21(25)29)4-5-16(23-17)12-2-3-14-13(10-12)11-26(22(14)30)18-6-7-19(27)24-20(18)28/h2-5,10,18H,6-9,11H2,1H3,(H,24,27,28). The van der Waals surface area contributed by atoms with E-state index in [2.05, 4.69) is 5.32 Å². The zero-order valence-electron chi connectivity index (χ0n) is 16.5. The summed E-state index contributed by atoms with van der Waals surface area (Å²) >= 11 is 0.